The molecule has 0 fully saturated rings. The zero-order valence-electron chi connectivity index (χ0n) is 31.2. The van der Waals surface area contributed by atoms with Crippen molar-refractivity contribution in [2.45, 2.75) is 19.3 Å². The van der Waals surface area contributed by atoms with Crippen LogP contribution in [0.4, 0.5) is 17.1 Å². The van der Waals surface area contributed by atoms with Gasteiger partial charge in [-0.05, 0) is 88.5 Å². The number of oxazole rings is 1. The molecule has 0 radical (unpaired) electrons. The summed E-state index contributed by atoms with van der Waals surface area (Å²) in [6.45, 7) is 4.69. The molecule has 4 heterocycles. The maximum absolute atomic E-state index is 6.46. The summed E-state index contributed by atoms with van der Waals surface area (Å²) < 4.78 is 15.0. The summed E-state index contributed by atoms with van der Waals surface area (Å²) in [5, 5.41) is 6.89. The van der Waals surface area contributed by atoms with Crippen LogP contribution in [0.3, 0.4) is 0 Å². The van der Waals surface area contributed by atoms with E-state index in [4.69, 9.17) is 8.83 Å². The number of para-hydroxylation sites is 3. The molecule has 268 valence electrons. The van der Waals surface area contributed by atoms with Crippen LogP contribution in [-0.2, 0) is 5.41 Å². The lowest BCUT2D eigenvalue weighted by atomic mass is 9.82. The second-order valence-corrected chi connectivity index (χ2v) is 16.0. The van der Waals surface area contributed by atoms with Gasteiger partial charge in [0, 0.05) is 55.0 Å². The molecule has 0 atom stereocenters. The number of rotatable bonds is 4. The van der Waals surface area contributed by atoms with E-state index in [1.165, 1.54) is 44.1 Å². The maximum atomic E-state index is 6.46. The Kier molecular flexibility index (Phi) is 5.91. The van der Waals surface area contributed by atoms with Gasteiger partial charge in [0.2, 0.25) is 0 Å². The van der Waals surface area contributed by atoms with Gasteiger partial charge in [0.05, 0.1) is 21.9 Å². The molecule has 57 heavy (non-hydrogen) atoms. The summed E-state index contributed by atoms with van der Waals surface area (Å²) in [5.41, 5.74) is 17.6. The second-order valence-electron chi connectivity index (χ2n) is 16.0. The molecule has 13 rings (SSSR count). The summed E-state index contributed by atoms with van der Waals surface area (Å²) in [4.78, 5) is 7.05. The number of benzene rings is 8. The van der Waals surface area contributed by atoms with Gasteiger partial charge in [0.25, 0.3) is 0 Å². The average molecular weight is 732 g/mol. The van der Waals surface area contributed by atoms with Gasteiger partial charge in [-0.3, -0.25) is 0 Å². The third-order valence-corrected chi connectivity index (χ3v) is 12.7. The van der Waals surface area contributed by atoms with E-state index in [9.17, 15) is 0 Å². The van der Waals surface area contributed by atoms with E-state index in [1.54, 1.807) is 6.39 Å². The van der Waals surface area contributed by atoms with Crippen molar-refractivity contribution in [2.24, 2.45) is 0 Å². The van der Waals surface area contributed by atoms with Crippen LogP contribution in [-0.4, -0.2) is 9.38 Å². The van der Waals surface area contributed by atoms with Crippen LogP contribution in [0.1, 0.15) is 25.0 Å². The van der Waals surface area contributed by atoms with E-state index in [2.05, 4.69) is 174 Å². The summed E-state index contributed by atoms with van der Waals surface area (Å²) >= 11 is 0. The third kappa shape index (κ3) is 4.05. The number of hydrogen-bond acceptors (Lipinski definition) is 4. The molecule has 1 aliphatic rings. The first kappa shape index (κ1) is 30.9. The summed E-state index contributed by atoms with van der Waals surface area (Å²) in [7, 11) is 0. The van der Waals surface area contributed by atoms with Crippen LogP contribution >= 0.6 is 0 Å². The van der Waals surface area contributed by atoms with Gasteiger partial charge in [0.15, 0.2) is 12.0 Å². The van der Waals surface area contributed by atoms with Gasteiger partial charge in [-0.2, -0.15) is 0 Å². The highest BCUT2D eigenvalue weighted by atomic mass is 16.3. The van der Waals surface area contributed by atoms with Gasteiger partial charge in [-0.15, -0.1) is 0 Å². The van der Waals surface area contributed by atoms with E-state index >= 15 is 0 Å². The fraction of sp³-hybridized carbons (Fsp3) is 0.0577. The Bertz CT molecular complexity index is 3620. The predicted octanol–water partition coefficient (Wildman–Crippen LogP) is 14.3. The first-order valence-corrected chi connectivity index (χ1v) is 19.5. The molecule has 1 aliphatic carbocycles. The molecule has 0 saturated carbocycles. The molecule has 0 saturated heterocycles. The molecule has 0 amide bonds. The second kappa shape index (κ2) is 10.9. The minimum Gasteiger partial charge on any atom is -0.455 e. The monoisotopic (exact) mass is 731 g/mol. The van der Waals surface area contributed by atoms with Crippen molar-refractivity contribution >= 4 is 88.2 Å². The summed E-state index contributed by atoms with van der Waals surface area (Å²) in [6, 6.07) is 57.1. The van der Waals surface area contributed by atoms with E-state index in [1.807, 2.05) is 12.1 Å². The normalized spacial score (nSPS) is 13.6. The van der Waals surface area contributed by atoms with Crippen LogP contribution in [0.5, 0.6) is 0 Å². The van der Waals surface area contributed by atoms with Crippen molar-refractivity contribution in [3.8, 4) is 22.3 Å². The van der Waals surface area contributed by atoms with E-state index in [0.717, 1.165) is 77.5 Å². The molecular weight excluding hydrogens is 699 g/mol. The van der Waals surface area contributed by atoms with Crippen molar-refractivity contribution < 1.29 is 8.83 Å². The fourth-order valence-corrected chi connectivity index (χ4v) is 10.0. The first-order valence-electron chi connectivity index (χ1n) is 19.5. The van der Waals surface area contributed by atoms with Gasteiger partial charge in [0.1, 0.15) is 16.7 Å². The van der Waals surface area contributed by atoms with Crippen molar-refractivity contribution in [2.75, 3.05) is 4.90 Å². The molecule has 0 unspecified atom stereocenters. The maximum Gasteiger partial charge on any atom is 0.182 e. The summed E-state index contributed by atoms with van der Waals surface area (Å²) in [6.07, 6.45) is 1.57. The average Bonchev–Trinajstić information content (AvgIpc) is 4.06. The molecular formula is C52H33N3O2. The quantitative estimate of drug-likeness (QED) is 0.181. The molecule has 8 aromatic carbocycles. The van der Waals surface area contributed by atoms with Crippen LogP contribution < -0.4 is 4.90 Å². The molecule has 5 nitrogen and oxygen atoms in total. The summed E-state index contributed by atoms with van der Waals surface area (Å²) in [5.74, 6) is 0. The molecule has 0 aliphatic heterocycles. The third-order valence-electron chi connectivity index (χ3n) is 12.7. The largest absolute Gasteiger partial charge is 0.455 e. The lowest BCUT2D eigenvalue weighted by Gasteiger charge is -2.28. The van der Waals surface area contributed by atoms with Crippen molar-refractivity contribution in [1.29, 1.82) is 0 Å². The van der Waals surface area contributed by atoms with Crippen LogP contribution in [0.15, 0.2) is 173 Å². The molecule has 0 bridgehead atoms. The SMILES string of the molecule is CC1(C)c2ccccc2-c2ccc(N(c3ccc(-c4cccc5c4oc4ccccc45)cc3)c3ccc4c(c3)c3c5ocnc5cc5c6ccccc6n4c53)cc21. The molecule has 0 N–H and O–H groups in total. The predicted molar refractivity (Wildman–Crippen MR) is 234 cm³/mol. The van der Waals surface area contributed by atoms with Crippen LogP contribution in [0.25, 0.3) is 93.4 Å². The van der Waals surface area contributed by atoms with Crippen LogP contribution in [0.2, 0.25) is 0 Å². The zero-order chi connectivity index (χ0) is 37.6. The number of fused-ring (bicyclic) bond motifs is 14. The van der Waals surface area contributed by atoms with Crippen molar-refractivity contribution in [1.82, 2.24) is 9.38 Å². The van der Waals surface area contributed by atoms with Crippen molar-refractivity contribution in [3.63, 3.8) is 0 Å². The van der Waals surface area contributed by atoms with Gasteiger partial charge in [-0.25, -0.2) is 4.98 Å². The topological polar surface area (TPSA) is 46.8 Å². The highest BCUT2D eigenvalue weighted by Gasteiger charge is 2.36. The number of furan rings is 1. The fourth-order valence-electron chi connectivity index (χ4n) is 10.0. The number of hydrogen-bond donors (Lipinski definition) is 0. The minimum atomic E-state index is -0.140. The van der Waals surface area contributed by atoms with Gasteiger partial charge in [-0.1, -0.05) is 111 Å². The lowest BCUT2D eigenvalue weighted by molar-refractivity contribution is 0.605. The Labute approximate surface area is 327 Å². The minimum absolute atomic E-state index is 0.140. The lowest BCUT2D eigenvalue weighted by Crippen LogP contribution is -2.16. The molecule has 4 aromatic heterocycles. The Morgan fingerprint density at radius 2 is 1.23 bits per heavy atom. The van der Waals surface area contributed by atoms with Gasteiger partial charge < -0.3 is 18.1 Å². The van der Waals surface area contributed by atoms with E-state index < -0.39 is 0 Å². The first-order chi connectivity index (χ1) is 28.0. The Hall–Kier alpha value is -7.37. The Balaban J connectivity index is 1.04. The standard InChI is InChI=1S/C52H33N3O2/c1-52(2)42-15-6-3-10-35(42)36-24-22-33(27-43(36)52)54(31-20-18-30(19-21-31)34-13-9-14-39-38-12-5-8-17-47(38)57-50(34)39)32-23-25-46-41(26-32)48-49-40(28-44-51(48)56-29-53-44)37-11-4-7-16-45(37)55(46)49/h3-29H,1-2H3. The number of nitrogens with zero attached hydrogens (tertiary/aromatic N) is 3. The molecule has 12 aromatic rings. The Morgan fingerprint density at radius 3 is 2.14 bits per heavy atom. The Morgan fingerprint density at radius 1 is 0.526 bits per heavy atom. The highest BCUT2D eigenvalue weighted by Crippen LogP contribution is 2.51. The zero-order valence-corrected chi connectivity index (χ0v) is 31.2. The number of anilines is 3. The molecule has 5 heteroatoms. The van der Waals surface area contributed by atoms with Crippen molar-refractivity contribution in [3.05, 3.63) is 175 Å². The highest BCUT2D eigenvalue weighted by molar-refractivity contribution is 6.30. The number of aromatic nitrogens is 2. The molecule has 0 spiro atoms. The van der Waals surface area contributed by atoms with E-state index in [-0.39, 0.29) is 5.41 Å². The van der Waals surface area contributed by atoms with Gasteiger partial charge >= 0.3 is 0 Å². The van der Waals surface area contributed by atoms with Crippen LogP contribution in [0, 0.1) is 0 Å². The smallest absolute Gasteiger partial charge is 0.182 e. The van der Waals surface area contributed by atoms with E-state index in [0.29, 0.717) is 0 Å².